The number of carbonyl (C=O) groups is 4. The molecule has 0 radical (unpaired) electrons. The molecule has 5 aliphatic rings. The molecule has 0 amide bonds. The van der Waals surface area contributed by atoms with Gasteiger partial charge in [0.05, 0.1) is 12.2 Å². The number of hydrogen-bond acceptors (Lipinski definition) is 8. The van der Waals surface area contributed by atoms with Gasteiger partial charge in [-0.05, 0) is 75.5 Å². The quantitative estimate of drug-likeness (QED) is 0.258. The van der Waals surface area contributed by atoms with Crippen LogP contribution in [0.25, 0.3) is 0 Å². The summed E-state index contributed by atoms with van der Waals surface area (Å²) in [6, 6.07) is 0. The van der Waals surface area contributed by atoms with Crippen LogP contribution in [0.3, 0.4) is 0 Å². The molecule has 4 saturated carbocycles. The summed E-state index contributed by atoms with van der Waals surface area (Å²) < 4.78 is 23.6. The van der Waals surface area contributed by atoms with E-state index in [0.29, 0.717) is 32.1 Å². The van der Waals surface area contributed by atoms with Crippen LogP contribution in [0.15, 0.2) is 0 Å². The fourth-order valence-corrected chi connectivity index (χ4v) is 9.86. The van der Waals surface area contributed by atoms with Gasteiger partial charge in [-0.2, -0.15) is 0 Å². The largest absolute Gasteiger partial charge is 0.463 e. The summed E-state index contributed by atoms with van der Waals surface area (Å²) >= 11 is 0. The van der Waals surface area contributed by atoms with Crippen LogP contribution in [0, 0.1) is 46.3 Å². The van der Waals surface area contributed by atoms with Crippen LogP contribution in [0.1, 0.15) is 93.4 Å². The third-order valence-corrected chi connectivity index (χ3v) is 11.5. The van der Waals surface area contributed by atoms with E-state index < -0.39 is 0 Å². The molecule has 39 heavy (non-hydrogen) atoms. The topological polar surface area (TPSA) is 109 Å². The number of ether oxygens (including phenoxy) is 4. The molecular weight excluding hydrogens is 500 g/mol. The Morgan fingerprint density at radius 2 is 1.67 bits per heavy atom. The summed E-state index contributed by atoms with van der Waals surface area (Å²) in [6.45, 7) is 13.4. The van der Waals surface area contributed by atoms with Crippen LogP contribution < -0.4 is 0 Å². The van der Waals surface area contributed by atoms with E-state index in [1.54, 1.807) is 0 Å². The molecule has 1 saturated heterocycles. The summed E-state index contributed by atoms with van der Waals surface area (Å²) in [4.78, 5) is 49.8. The molecule has 0 aromatic rings. The Hall–Kier alpha value is -1.96. The maximum Gasteiger partial charge on any atom is 0.306 e. The van der Waals surface area contributed by atoms with Crippen molar-refractivity contribution >= 4 is 23.7 Å². The van der Waals surface area contributed by atoms with Crippen LogP contribution in [-0.4, -0.2) is 54.2 Å². The number of fused-ring (bicyclic) bond motifs is 7. The molecule has 0 N–H and O–H groups in total. The Morgan fingerprint density at radius 1 is 0.974 bits per heavy atom. The van der Waals surface area contributed by atoms with Crippen molar-refractivity contribution in [1.29, 1.82) is 0 Å². The molecule has 0 bridgehead atoms. The second-order valence-corrected chi connectivity index (χ2v) is 13.8. The third-order valence-electron chi connectivity index (χ3n) is 11.5. The first-order valence-corrected chi connectivity index (χ1v) is 15.0. The highest BCUT2D eigenvalue weighted by atomic mass is 16.6. The lowest BCUT2D eigenvalue weighted by Crippen LogP contribution is -2.64. The molecule has 2 unspecified atom stereocenters. The lowest BCUT2D eigenvalue weighted by atomic mass is 9.43. The van der Waals surface area contributed by atoms with Crippen molar-refractivity contribution in [3.8, 4) is 0 Å². The first-order chi connectivity index (χ1) is 18.3. The van der Waals surface area contributed by atoms with Crippen molar-refractivity contribution < 1.29 is 38.1 Å². The van der Waals surface area contributed by atoms with Gasteiger partial charge in [-0.15, -0.1) is 0 Å². The molecule has 0 aromatic heterocycles. The standard InChI is InChI=1S/C31H46O8/c1-15(2)36-26(35)11-8-16(3)20-9-10-21-27-22(14-25(31(20,21)7)38-18(5)33)30(6)19(13-24(27)37-17(4)32)12-23(34)28-29(30)39-28/h15-16,19-22,24-25,27-29H,8-14H2,1-7H3/t16-,19+,20-,21+,22?,24-,25+,27?,28-,29-,30+,31-/m1/s1. The molecular formula is C31H46O8. The molecule has 0 aromatic carbocycles. The van der Waals surface area contributed by atoms with Crippen molar-refractivity contribution in [3.63, 3.8) is 0 Å². The summed E-state index contributed by atoms with van der Waals surface area (Å²) in [5.41, 5.74) is -0.548. The van der Waals surface area contributed by atoms with E-state index in [0.717, 1.165) is 12.8 Å². The Kier molecular flexibility index (Phi) is 7.43. The monoisotopic (exact) mass is 546 g/mol. The number of Topliss-reactive ketones (excluding diaryl/α,β-unsaturated/α-hetero) is 1. The highest BCUT2D eigenvalue weighted by Gasteiger charge is 2.73. The zero-order valence-electron chi connectivity index (χ0n) is 24.6. The van der Waals surface area contributed by atoms with Crippen molar-refractivity contribution in [3.05, 3.63) is 0 Å². The van der Waals surface area contributed by atoms with E-state index in [-0.39, 0.29) is 101 Å². The van der Waals surface area contributed by atoms with Crippen molar-refractivity contribution in [2.75, 3.05) is 0 Å². The third kappa shape index (κ3) is 4.72. The average molecular weight is 547 g/mol. The van der Waals surface area contributed by atoms with E-state index in [1.807, 2.05) is 13.8 Å². The highest BCUT2D eigenvalue weighted by molar-refractivity contribution is 5.87. The van der Waals surface area contributed by atoms with Gasteiger partial charge in [0.2, 0.25) is 0 Å². The molecule has 5 rings (SSSR count). The van der Waals surface area contributed by atoms with Crippen LogP contribution >= 0.6 is 0 Å². The van der Waals surface area contributed by atoms with Gasteiger partial charge in [0.25, 0.3) is 0 Å². The van der Waals surface area contributed by atoms with Gasteiger partial charge >= 0.3 is 17.9 Å². The Balaban J connectivity index is 1.48. The van der Waals surface area contributed by atoms with E-state index in [2.05, 4.69) is 20.8 Å². The molecule has 0 spiro atoms. The minimum atomic E-state index is -0.320. The number of esters is 3. The summed E-state index contributed by atoms with van der Waals surface area (Å²) in [5, 5.41) is 0. The van der Waals surface area contributed by atoms with Crippen molar-refractivity contribution in [2.24, 2.45) is 46.3 Å². The van der Waals surface area contributed by atoms with E-state index >= 15 is 0 Å². The van der Waals surface area contributed by atoms with Crippen LogP contribution in [0.5, 0.6) is 0 Å². The molecule has 4 aliphatic carbocycles. The van der Waals surface area contributed by atoms with Gasteiger partial charge in [-0.3, -0.25) is 19.2 Å². The highest BCUT2D eigenvalue weighted by Crippen LogP contribution is 2.71. The molecule has 1 aliphatic heterocycles. The van der Waals surface area contributed by atoms with E-state index in [1.165, 1.54) is 13.8 Å². The summed E-state index contributed by atoms with van der Waals surface area (Å²) in [6.07, 6.45) is 3.66. The van der Waals surface area contributed by atoms with E-state index in [4.69, 9.17) is 18.9 Å². The van der Waals surface area contributed by atoms with Gasteiger partial charge in [-0.25, -0.2) is 0 Å². The van der Waals surface area contributed by atoms with Gasteiger partial charge < -0.3 is 18.9 Å². The SMILES string of the molecule is CC(=O)O[C@H]1CC2C([C@H](OC(C)=O)C[C@@H]3CC(=O)[C@H]4O[C@H]4[C@]23C)[C@@H]2CC[C@H]([C@H](C)CCC(=O)OC(C)C)[C@@]12C. The molecule has 1 heterocycles. The minimum Gasteiger partial charge on any atom is -0.463 e. The van der Waals surface area contributed by atoms with E-state index in [9.17, 15) is 19.2 Å². The number of rotatable bonds is 7. The Morgan fingerprint density at radius 3 is 2.31 bits per heavy atom. The second-order valence-electron chi connectivity index (χ2n) is 13.8. The zero-order chi connectivity index (χ0) is 28.4. The lowest BCUT2D eigenvalue weighted by molar-refractivity contribution is -0.219. The fourth-order valence-electron chi connectivity index (χ4n) is 9.86. The maximum atomic E-state index is 12.7. The first-order valence-electron chi connectivity index (χ1n) is 15.0. The predicted octanol–water partition coefficient (Wildman–Crippen LogP) is 4.65. The molecule has 218 valence electrons. The van der Waals surface area contributed by atoms with Crippen LogP contribution in [0.4, 0.5) is 0 Å². The Labute approximate surface area is 232 Å². The second kappa shape index (κ2) is 10.1. The van der Waals surface area contributed by atoms with Crippen LogP contribution in [-0.2, 0) is 38.1 Å². The minimum absolute atomic E-state index is 0.0739. The summed E-state index contributed by atoms with van der Waals surface area (Å²) in [7, 11) is 0. The van der Waals surface area contributed by atoms with Gasteiger partial charge in [0, 0.05) is 43.4 Å². The van der Waals surface area contributed by atoms with Crippen molar-refractivity contribution in [1.82, 2.24) is 0 Å². The maximum absolute atomic E-state index is 12.7. The first kappa shape index (κ1) is 28.6. The molecule has 5 fully saturated rings. The predicted molar refractivity (Wildman–Crippen MR) is 141 cm³/mol. The van der Waals surface area contributed by atoms with Crippen molar-refractivity contribution in [2.45, 2.75) is 124 Å². The summed E-state index contributed by atoms with van der Waals surface area (Å²) in [5.74, 6) is 0.366. The molecule has 8 nitrogen and oxygen atoms in total. The zero-order valence-corrected chi connectivity index (χ0v) is 24.6. The number of ketones is 1. The fraction of sp³-hybridized carbons (Fsp3) is 0.871. The number of epoxide rings is 1. The van der Waals surface area contributed by atoms with Gasteiger partial charge in [-0.1, -0.05) is 20.8 Å². The molecule has 8 heteroatoms. The average Bonchev–Trinajstić information content (AvgIpc) is 3.56. The van der Waals surface area contributed by atoms with Gasteiger partial charge in [0.15, 0.2) is 5.78 Å². The van der Waals surface area contributed by atoms with Crippen LogP contribution in [0.2, 0.25) is 0 Å². The number of carbonyl (C=O) groups excluding carboxylic acids is 4. The smallest absolute Gasteiger partial charge is 0.306 e. The number of hydrogen-bond donors (Lipinski definition) is 0. The molecule has 12 atom stereocenters. The normalized spacial score (nSPS) is 44.8. The lowest BCUT2D eigenvalue weighted by Gasteiger charge is -2.63. The van der Waals surface area contributed by atoms with Gasteiger partial charge in [0.1, 0.15) is 18.3 Å². The Bertz CT molecular complexity index is 1020.